The molecular weight excluding hydrogens is 251 g/mol. The van der Waals surface area contributed by atoms with E-state index in [0.717, 1.165) is 0 Å². The minimum atomic E-state index is -5.03. The van der Waals surface area contributed by atoms with Crippen LogP contribution in [-0.4, -0.2) is 15.0 Å². The highest BCUT2D eigenvalue weighted by Gasteiger charge is 2.18. The van der Waals surface area contributed by atoms with Crippen LogP contribution in [-0.2, 0) is 14.9 Å². The van der Waals surface area contributed by atoms with Crippen LogP contribution in [0.2, 0.25) is 0 Å². The van der Waals surface area contributed by atoms with Crippen molar-refractivity contribution in [3.8, 4) is 0 Å². The number of nitrogens with zero attached hydrogens (tertiary/aromatic N) is 1. The van der Waals surface area contributed by atoms with Gasteiger partial charge in [-0.15, -0.1) is 0 Å². The molecule has 0 atom stereocenters. The van der Waals surface area contributed by atoms with Crippen LogP contribution in [0.1, 0.15) is 13.3 Å². The zero-order chi connectivity index (χ0) is 9.83. The second-order valence-corrected chi connectivity index (χ2v) is 7.64. The third-order valence-electron chi connectivity index (χ3n) is 0.643. The molecule has 74 valence electrons. The maximum Gasteiger partial charge on any atom is 0.420 e. The summed E-state index contributed by atoms with van der Waals surface area (Å²) in [6, 6.07) is 0. The predicted octanol–water partition coefficient (Wildman–Crippen LogP) is 3.05. The van der Waals surface area contributed by atoms with Gasteiger partial charge in [0.2, 0.25) is 0 Å². The Kier molecular flexibility index (Phi) is 5.02. The van der Waals surface area contributed by atoms with Crippen LogP contribution >= 0.6 is 28.5 Å². The zero-order valence-electron chi connectivity index (χ0n) is 6.08. The van der Waals surface area contributed by atoms with Crippen molar-refractivity contribution in [1.29, 1.82) is 0 Å². The maximum absolute atomic E-state index is 11.9. The van der Waals surface area contributed by atoms with Gasteiger partial charge in [0, 0.05) is 0 Å². The molecule has 0 aliphatic heterocycles. The SMILES string of the molecule is CCCOP(Cl)(Cl)=NS(=O)(=O)F. The molecule has 0 N–H and O–H groups in total. The monoisotopic (exact) mass is 257 g/mol. The molecule has 0 spiro atoms. The van der Waals surface area contributed by atoms with Crippen LogP contribution in [0, 0.1) is 0 Å². The lowest BCUT2D eigenvalue weighted by Gasteiger charge is -2.05. The van der Waals surface area contributed by atoms with Crippen molar-refractivity contribution in [3.63, 3.8) is 0 Å². The highest BCUT2D eigenvalue weighted by Crippen LogP contribution is 2.62. The average Bonchev–Trinajstić information content (AvgIpc) is 1.78. The Morgan fingerprint density at radius 2 is 2.08 bits per heavy atom. The number of hydrogen-bond donors (Lipinski definition) is 0. The summed E-state index contributed by atoms with van der Waals surface area (Å²) in [4.78, 5) is 0. The Morgan fingerprint density at radius 1 is 1.58 bits per heavy atom. The van der Waals surface area contributed by atoms with E-state index in [-0.39, 0.29) is 6.61 Å². The maximum atomic E-state index is 11.9. The van der Waals surface area contributed by atoms with Gasteiger partial charge < -0.3 is 4.52 Å². The molecule has 0 aliphatic carbocycles. The molecule has 4 nitrogen and oxygen atoms in total. The van der Waals surface area contributed by atoms with Crippen molar-refractivity contribution in [2.24, 2.45) is 4.15 Å². The van der Waals surface area contributed by atoms with Crippen molar-refractivity contribution in [3.05, 3.63) is 0 Å². The molecule has 0 heterocycles. The topological polar surface area (TPSA) is 55.7 Å². The van der Waals surface area contributed by atoms with Gasteiger partial charge in [-0.3, -0.25) is 0 Å². The Hall–Kier alpha value is 0.650. The van der Waals surface area contributed by atoms with E-state index in [1.807, 2.05) is 0 Å². The Balaban J connectivity index is 4.50. The smallest absolute Gasteiger partial charge is 0.321 e. The van der Waals surface area contributed by atoms with Gasteiger partial charge in [0.05, 0.1) is 6.61 Å². The number of hydrogen-bond acceptors (Lipinski definition) is 3. The minimum absolute atomic E-state index is 0.139. The quantitative estimate of drug-likeness (QED) is 0.575. The molecular formula is C3H7Cl2FNO3PS. The van der Waals surface area contributed by atoms with Crippen LogP contribution in [0.25, 0.3) is 0 Å². The molecule has 0 fully saturated rings. The van der Waals surface area contributed by atoms with Gasteiger partial charge in [-0.25, -0.2) is 0 Å². The van der Waals surface area contributed by atoms with Gasteiger partial charge in [-0.05, 0) is 28.9 Å². The summed E-state index contributed by atoms with van der Waals surface area (Å²) < 4.78 is 38.9. The molecule has 0 radical (unpaired) electrons. The molecule has 9 heteroatoms. The van der Waals surface area contributed by atoms with Crippen molar-refractivity contribution in [2.45, 2.75) is 13.3 Å². The van der Waals surface area contributed by atoms with Gasteiger partial charge in [-0.2, -0.15) is 8.42 Å². The van der Waals surface area contributed by atoms with Crippen LogP contribution < -0.4 is 0 Å². The lowest BCUT2D eigenvalue weighted by atomic mass is 10.5. The highest BCUT2D eigenvalue weighted by atomic mass is 35.9. The first-order valence-corrected chi connectivity index (χ1v) is 7.70. The van der Waals surface area contributed by atoms with E-state index in [2.05, 4.69) is 8.67 Å². The third kappa shape index (κ3) is 7.31. The van der Waals surface area contributed by atoms with Gasteiger partial charge in [0.1, 0.15) is 0 Å². The summed E-state index contributed by atoms with van der Waals surface area (Å²) >= 11 is 10.5. The highest BCUT2D eigenvalue weighted by molar-refractivity contribution is 8.10. The Bertz CT molecular complexity index is 286. The van der Waals surface area contributed by atoms with Gasteiger partial charge >= 0.3 is 10.4 Å². The van der Waals surface area contributed by atoms with Crippen molar-refractivity contribution >= 4 is 38.9 Å². The normalized spacial score (nSPS) is 13.0. The summed E-state index contributed by atoms with van der Waals surface area (Å²) in [7, 11) is -5.03. The van der Waals surface area contributed by atoms with Crippen molar-refractivity contribution in [1.82, 2.24) is 0 Å². The largest absolute Gasteiger partial charge is 0.420 e. The van der Waals surface area contributed by atoms with Crippen LogP contribution in [0.3, 0.4) is 0 Å². The molecule has 12 heavy (non-hydrogen) atoms. The number of halogens is 3. The summed E-state index contributed by atoms with van der Waals surface area (Å²) in [5.74, 6) is -3.47. The molecule has 0 rings (SSSR count). The fourth-order valence-corrected chi connectivity index (χ4v) is 3.58. The standard InChI is InChI=1S/C3H7Cl2FNO3PS/c1-2-3-10-11(4,5)7-12(6,8)9/h2-3H2,1H3. The summed E-state index contributed by atoms with van der Waals surface area (Å²) in [6.45, 7) is 1.90. The fourth-order valence-electron chi connectivity index (χ4n) is 0.338. The van der Waals surface area contributed by atoms with Crippen molar-refractivity contribution < 1.29 is 16.8 Å². The van der Waals surface area contributed by atoms with Gasteiger partial charge in [0.25, 0.3) is 5.99 Å². The molecule has 0 aromatic rings. The summed E-state index contributed by atoms with van der Waals surface area (Å²) in [5.41, 5.74) is 0. The Labute approximate surface area is 80.1 Å². The number of rotatable bonds is 4. The zero-order valence-corrected chi connectivity index (χ0v) is 9.30. The van der Waals surface area contributed by atoms with Crippen LogP contribution in [0.5, 0.6) is 0 Å². The first-order chi connectivity index (χ1) is 5.27. The second-order valence-electron chi connectivity index (χ2n) is 1.76. The third-order valence-corrected chi connectivity index (χ3v) is 4.37. The van der Waals surface area contributed by atoms with Gasteiger partial charge in [0.15, 0.2) is 0 Å². The van der Waals surface area contributed by atoms with Crippen LogP contribution in [0.4, 0.5) is 3.89 Å². The van der Waals surface area contributed by atoms with E-state index in [1.54, 1.807) is 6.92 Å². The van der Waals surface area contributed by atoms with E-state index < -0.39 is 16.4 Å². The van der Waals surface area contributed by atoms with E-state index >= 15 is 0 Å². The van der Waals surface area contributed by atoms with Crippen LogP contribution in [0.15, 0.2) is 4.15 Å². The molecule has 0 aromatic heterocycles. The molecule has 0 bridgehead atoms. The van der Waals surface area contributed by atoms with E-state index in [9.17, 15) is 12.3 Å². The first-order valence-electron chi connectivity index (χ1n) is 2.89. The molecule has 0 amide bonds. The molecule has 0 aliphatic rings. The second kappa shape index (κ2) is 4.77. The fraction of sp³-hybridized carbons (Fsp3) is 1.00. The lowest BCUT2D eigenvalue weighted by Crippen LogP contribution is -1.86. The van der Waals surface area contributed by atoms with E-state index in [0.29, 0.717) is 6.42 Å². The van der Waals surface area contributed by atoms with Gasteiger partial charge in [-0.1, -0.05) is 15.0 Å². The van der Waals surface area contributed by atoms with E-state index in [1.165, 1.54) is 0 Å². The molecule has 0 saturated carbocycles. The summed E-state index contributed by atoms with van der Waals surface area (Å²) in [5, 5.41) is 0. The van der Waals surface area contributed by atoms with E-state index in [4.69, 9.17) is 22.5 Å². The summed E-state index contributed by atoms with van der Waals surface area (Å²) in [6.07, 6.45) is 0.586. The minimum Gasteiger partial charge on any atom is -0.321 e. The van der Waals surface area contributed by atoms with Crippen molar-refractivity contribution in [2.75, 3.05) is 6.61 Å². The Morgan fingerprint density at radius 3 is 2.42 bits per heavy atom. The molecule has 0 aromatic carbocycles. The molecule has 0 unspecified atom stereocenters. The molecule has 0 saturated heterocycles. The average molecular weight is 258 g/mol. The predicted molar refractivity (Wildman–Crippen MR) is 47.3 cm³/mol. The first kappa shape index (κ1) is 12.7. The lowest BCUT2D eigenvalue weighted by molar-refractivity contribution is 0.360.